The van der Waals surface area contributed by atoms with Crippen LogP contribution in [0.5, 0.6) is 0 Å². The Labute approximate surface area is 113 Å². The zero-order valence-electron chi connectivity index (χ0n) is 11.0. The van der Waals surface area contributed by atoms with Crippen molar-refractivity contribution in [2.75, 3.05) is 13.1 Å². The fraction of sp³-hybridized carbons (Fsp3) is 0.357. The third kappa shape index (κ3) is 4.19. The van der Waals surface area contributed by atoms with Crippen molar-refractivity contribution < 1.29 is 0 Å². The van der Waals surface area contributed by atoms with Crippen molar-refractivity contribution >= 4 is 0 Å². The van der Waals surface area contributed by atoms with Gasteiger partial charge >= 0.3 is 0 Å². The SMILES string of the molecule is C#CCN(CCn1cncn1)Cc1cccc(C)n1. The molecule has 0 atom stereocenters. The Bertz CT molecular complexity index is 541. The fourth-order valence-corrected chi connectivity index (χ4v) is 1.85. The number of terminal acetylenes is 1. The van der Waals surface area contributed by atoms with E-state index in [9.17, 15) is 0 Å². The molecular formula is C14H17N5. The predicted molar refractivity (Wildman–Crippen MR) is 73.1 cm³/mol. The van der Waals surface area contributed by atoms with Crippen molar-refractivity contribution in [1.29, 1.82) is 0 Å². The third-order valence-electron chi connectivity index (χ3n) is 2.76. The second-order valence-corrected chi connectivity index (χ2v) is 4.34. The van der Waals surface area contributed by atoms with E-state index in [2.05, 4.69) is 25.9 Å². The minimum Gasteiger partial charge on any atom is -0.285 e. The van der Waals surface area contributed by atoms with Gasteiger partial charge in [-0.2, -0.15) is 5.10 Å². The molecule has 5 heteroatoms. The van der Waals surface area contributed by atoms with E-state index in [-0.39, 0.29) is 0 Å². The van der Waals surface area contributed by atoms with E-state index < -0.39 is 0 Å². The highest BCUT2D eigenvalue weighted by Crippen LogP contribution is 2.03. The highest BCUT2D eigenvalue weighted by atomic mass is 15.3. The van der Waals surface area contributed by atoms with E-state index in [1.54, 1.807) is 11.0 Å². The van der Waals surface area contributed by atoms with E-state index in [4.69, 9.17) is 6.42 Å². The molecule has 0 amide bonds. The summed E-state index contributed by atoms with van der Waals surface area (Å²) in [4.78, 5) is 10.6. The molecule has 0 aliphatic carbocycles. The fourth-order valence-electron chi connectivity index (χ4n) is 1.85. The summed E-state index contributed by atoms with van der Waals surface area (Å²) in [7, 11) is 0. The zero-order chi connectivity index (χ0) is 13.5. The molecule has 0 radical (unpaired) electrons. The average molecular weight is 255 g/mol. The van der Waals surface area contributed by atoms with Gasteiger partial charge in [0.25, 0.3) is 0 Å². The van der Waals surface area contributed by atoms with Crippen molar-refractivity contribution in [3.63, 3.8) is 0 Å². The number of pyridine rings is 1. The van der Waals surface area contributed by atoms with Gasteiger partial charge in [0.05, 0.1) is 18.8 Å². The first-order chi connectivity index (χ1) is 9.28. The van der Waals surface area contributed by atoms with Gasteiger partial charge in [-0.05, 0) is 19.1 Å². The van der Waals surface area contributed by atoms with Crippen LogP contribution in [-0.4, -0.2) is 37.7 Å². The quantitative estimate of drug-likeness (QED) is 0.726. The van der Waals surface area contributed by atoms with Crippen molar-refractivity contribution in [3.05, 3.63) is 42.2 Å². The van der Waals surface area contributed by atoms with Crippen molar-refractivity contribution in [2.45, 2.75) is 20.0 Å². The first kappa shape index (κ1) is 13.2. The highest BCUT2D eigenvalue weighted by molar-refractivity contribution is 5.10. The molecule has 98 valence electrons. The molecule has 0 aliphatic rings. The second-order valence-electron chi connectivity index (χ2n) is 4.34. The Kier molecular flexibility index (Phi) is 4.65. The lowest BCUT2D eigenvalue weighted by Gasteiger charge is -2.19. The van der Waals surface area contributed by atoms with Gasteiger partial charge in [-0.15, -0.1) is 6.42 Å². The molecule has 5 nitrogen and oxygen atoms in total. The number of rotatable bonds is 6. The molecule has 0 aromatic carbocycles. The smallest absolute Gasteiger partial charge is 0.137 e. The van der Waals surface area contributed by atoms with Crippen LogP contribution in [-0.2, 0) is 13.1 Å². The molecule has 0 bridgehead atoms. The Morgan fingerprint density at radius 3 is 3.00 bits per heavy atom. The Hall–Kier alpha value is -2.19. The Balaban J connectivity index is 1.94. The van der Waals surface area contributed by atoms with E-state index >= 15 is 0 Å². The number of nitrogens with zero attached hydrogens (tertiary/aromatic N) is 5. The van der Waals surface area contributed by atoms with Gasteiger partial charge in [0.1, 0.15) is 12.7 Å². The van der Waals surface area contributed by atoms with Gasteiger partial charge in [0.15, 0.2) is 0 Å². The summed E-state index contributed by atoms with van der Waals surface area (Å²) in [5, 5.41) is 4.08. The van der Waals surface area contributed by atoms with E-state index in [0.717, 1.165) is 31.0 Å². The van der Waals surface area contributed by atoms with E-state index in [0.29, 0.717) is 6.54 Å². The zero-order valence-corrected chi connectivity index (χ0v) is 11.0. The van der Waals surface area contributed by atoms with Crippen LogP contribution in [0, 0.1) is 19.3 Å². The van der Waals surface area contributed by atoms with Gasteiger partial charge in [0.2, 0.25) is 0 Å². The van der Waals surface area contributed by atoms with Crippen LogP contribution in [0.1, 0.15) is 11.4 Å². The van der Waals surface area contributed by atoms with Crippen LogP contribution in [0.25, 0.3) is 0 Å². The highest BCUT2D eigenvalue weighted by Gasteiger charge is 2.06. The van der Waals surface area contributed by atoms with Crippen molar-refractivity contribution in [2.24, 2.45) is 0 Å². The van der Waals surface area contributed by atoms with Crippen molar-refractivity contribution in [3.8, 4) is 12.3 Å². The summed E-state index contributed by atoms with van der Waals surface area (Å²) in [6.45, 7) is 4.94. The Morgan fingerprint density at radius 2 is 2.32 bits per heavy atom. The molecule has 2 aromatic heterocycles. The number of aryl methyl sites for hydroxylation is 1. The maximum Gasteiger partial charge on any atom is 0.137 e. The predicted octanol–water partition coefficient (Wildman–Crippen LogP) is 1.12. The van der Waals surface area contributed by atoms with Gasteiger partial charge < -0.3 is 0 Å². The molecule has 2 heterocycles. The normalized spacial score (nSPS) is 10.6. The molecular weight excluding hydrogens is 238 g/mol. The van der Waals surface area contributed by atoms with Gasteiger partial charge in [-0.25, -0.2) is 4.98 Å². The summed E-state index contributed by atoms with van der Waals surface area (Å²) < 4.78 is 1.80. The maximum atomic E-state index is 5.42. The van der Waals surface area contributed by atoms with Gasteiger partial charge in [0, 0.05) is 18.8 Å². The molecule has 0 unspecified atom stereocenters. The van der Waals surface area contributed by atoms with Crippen LogP contribution < -0.4 is 0 Å². The topological polar surface area (TPSA) is 46.8 Å². The van der Waals surface area contributed by atoms with Crippen molar-refractivity contribution in [1.82, 2.24) is 24.6 Å². The Morgan fingerprint density at radius 1 is 1.42 bits per heavy atom. The molecule has 2 aromatic rings. The van der Waals surface area contributed by atoms with Crippen LogP contribution in [0.3, 0.4) is 0 Å². The third-order valence-corrected chi connectivity index (χ3v) is 2.76. The number of hydrogen-bond acceptors (Lipinski definition) is 4. The monoisotopic (exact) mass is 255 g/mol. The molecule has 19 heavy (non-hydrogen) atoms. The summed E-state index contributed by atoms with van der Waals surface area (Å²) in [5.41, 5.74) is 2.06. The standard InChI is InChI=1S/C14H17N5/c1-3-7-18(8-9-19-12-15-11-16-19)10-14-6-4-5-13(2)17-14/h1,4-6,11-12H,7-10H2,2H3. The summed E-state index contributed by atoms with van der Waals surface area (Å²) in [6.07, 6.45) is 8.66. The molecule has 0 aliphatic heterocycles. The first-order valence-electron chi connectivity index (χ1n) is 6.18. The number of hydrogen-bond donors (Lipinski definition) is 0. The summed E-state index contributed by atoms with van der Waals surface area (Å²) >= 11 is 0. The van der Waals surface area contributed by atoms with Gasteiger partial charge in [-0.1, -0.05) is 12.0 Å². The van der Waals surface area contributed by atoms with Crippen LogP contribution in [0.2, 0.25) is 0 Å². The average Bonchev–Trinajstić information content (AvgIpc) is 2.89. The molecule has 0 N–H and O–H groups in total. The summed E-state index contributed by atoms with van der Waals surface area (Å²) in [5.74, 6) is 2.69. The lowest BCUT2D eigenvalue weighted by molar-refractivity contribution is 0.277. The van der Waals surface area contributed by atoms with E-state index in [1.165, 1.54) is 6.33 Å². The largest absolute Gasteiger partial charge is 0.285 e. The lowest BCUT2D eigenvalue weighted by atomic mass is 10.3. The minimum atomic E-state index is 0.602. The molecule has 0 spiro atoms. The molecule has 0 saturated heterocycles. The second kappa shape index (κ2) is 6.66. The molecule has 0 saturated carbocycles. The minimum absolute atomic E-state index is 0.602. The lowest BCUT2D eigenvalue weighted by Crippen LogP contribution is -2.28. The molecule has 0 fully saturated rings. The number of aromatic nitrogens is 4. The van der Waals surface area contributed by atoms with Crippen LogP contribution in [0.15, 0.2) is 30.9 Å². The van der Waals surface area contributed by atoms with Crippen LogP contribution >= 0.6 is 0 Å². The van der Waals surface area contributed by atoms with Crippen LogP contribution in [0.4, 0.5) is 0 Å². The molecule has 2 rings (SSSR count). The van der Waals surface area contributed by atoms with Gasteiger partial charge in [-0.3, -0.25) is 14.6 Å². The first-order valence-corrected chi connectivity index (χ1v) is 6.18. The van der Waals surface area contributed by atoms with E-state index in [1.807, 2.05) is 25.1 Å². The summed E-state index contributed by atoms with van der Waals surface area (Å²) in [6, 6.07) is 6.03. The maximum absolute atomic E-state index is 5.42.